The molecule has 3 heterocycles. The summed E-state index contributed by atoms with van der Waals surface area (Å²) in [5, 5.41) is 0. The molecule has 23 heavy (non-hydrogen) atoms. The minimum atomic E-state index is -0.145. The van der Waals surface area contributed by atoms with Crippen molar-refractivity contribution in [2.24, 2.45) is 0 Å². The van der Waals surface area contributed by atoms with Crippen molar-refractivity contribution in [2.45, 2.75) is 6.42 Å². The first-order valence-electron chi connectivity index (χ1n) is 7.50. The molecule has 2 aromatic heterocycles. The van der Waals surface area contributed by atoms with Crippen LogP contribution < -0.4 is 0 Å². The lowest BCUT2D eigenvalue weighted by Crippen LogP contribution is -2.37. The lowest BCUT2D eigenvalue weighted by Gasteiger charge is -2.21. The van der Waals surface area contributed by atoms with Gasteiger partial charge in [-0.25, -0.2) is 4.98 Å². The van der Waals surface area contributed by atoms with Gasteiger partial charge in [0, 0.05) is 51.0 Å². The van der Waals surface area contributed by atoms with Gasteiger partial charge < -0.3 is 9.80 Å². The maximum Gasteiger partial charge on any atom is 0.274 e. The Bertz CT molecular complexity index is 618. The minimum Gasteiger partial charge on any atom is -0.337 e. The molecule has 3 rings (SSSR count). The Balaban J connectivity index is 1.66. The van der Waals surface area contributed by atoms with Gasteiger partial charge in [-0.1, -0.05) is 0 Å². The van der Waals surface area contributed by atoms with Crippen molar-refractivity contribution in [3.05, 3.63) is 54.4 Å². The van der Waals surface area contributed by atoms with E-state index in [-0.39, 0.29) is 11.8 Å². The monoisotopic (exact) mass is 311 g/mol. The number of amides is 2. The molecule has 0 aromatic carbocycles. The number of carbonyl (C=O) groups is 2. The Morgan fingerprint density at radius 2 is 1.61 bits per heavy atom. The van der Waals surface area contributed by atoms with Crippen LogP contribution in [-0.2, 0) is 0 Å². The molecular formula is C16H17N5O2. The third-order valence-corrected chi connectivity index (χ3v) is 3.76. The quantitative estimate of drug-likeness (QED) is 0.822. The Morgan fingerprint density at radius 1 is 0.870 bits per heavy atom. The SMILES string of the molecule is O=C(c1cccnc1)N1CCCN(C(=O)c2cnccn2)CC1. The molecule has 0 bridgehead atoms. The van der Waals surface area contributed by atoms with Crippen molar-refractivity contribution in [1.29, 1.82) is 0 Å². The number of rotatable bonds is 2. The minimum absolute atomic E-state index is 0.0492. The summed E-state index contributed by atoms with van der Waals surface area (Å²) in [7, 11) is 0. The van der Waals surface area contributed by atoms with Gasteiger partial charge in [0.15, 0.2) is 0 Å². The molecule has 1 saturated heterocycles. The summed E-state index contributed by atoms with van der Waals surface area (Å²) in [6.45, 7) is 2.21. The van der Waals surface area contributed by atoms with E-state index in [4.69, 9.17) is 0 Å². The van der Waals surface area contributed by atoms with Crippen molar-refractivity contribution in [3.8, 4) is 0 Å². The molecule has 0 unspecified atom stereocenters. The van der Waals surface area contributed by atoms with Crippen molar-refractivity contribution in [2.75, 3.05) is 26.2 Å². The molecule has 0 radical (unpaired) electrons. The van der Waals surface area contributed by atoms with E-state index in [0.29, 0.717) is 37.4 Å². The van der Waals surface area contributed by atoms with E-state index in [1.807, 2.05) is 0 Å². The van der Waals surface area contributed by atoms with Gasteiger partial charge in [0.2, 0.25) is 0 Å². The molecule has 0 spiro atoms. The highest BCUT2D eigenvalue weighted by molar-refractivity contribution is 5.94. The van der Waals surface area contributed by atoms with E-state index in [2.05, 4.69) is 15.0 Å². The average Bonchev–Trinajstić information content (AvgIpc) is 2.88. The highest BCUT2D eigenvalue weighted by atomic mass is 16.2. The molecule has 0 saturated carbocycles. The van der Waals surface area contributed by atoms with Gasteiger partial charge in [-0.05, 0) is 18.6 Å². The van der Waals surface area contributed by atoms with E-state index in [9.17, 15) is 9.59 Å². The molecular weight excluding hydrogens is 294 g/mol. The van der Waals surface area contributed by atoms with Crippen LogP contribution in [0.15, 0.2) is 43.1 Å². The normalized spacial score (nSPS) is 15.1. The summed E-state index contributed by atoms with van der Waals surface area (Å²) in [6.07, 6.45) is 8.44. The van der Waals surface area contributed by atoms with Crippen LogP contribution in [0, 0.1) is 0 Å². The fourth-order valence-electron chi connectivity index (χ4n) is 2.57. The lowest BCUT2D eigenvalue weighted by molar-refractivity contribution is 0.0715. The highest BCUT2D eigenvalue weighted by Gasteiger charge is 2.24. The molecule has 0 atom stereocenters. The van der Waals surface area contributed by atoms with Crippen molar-refractivity contribution in [1.82, 2.24) is 24.8 Å². The summed E-state index contributed by atoms with van der Waals surface area (Å²) in [5.41, 5.74) is 0.903. The number of nitrogens with zero attached hydrogens (tertiary/aromatic N) is 5. The molecule has 2 aromatic rings. The molecule has 1 fully saturated rings. The predicted molar refractivity (Wildman–Crippen MR) is 82.7 cm³/mol. The van der Waals surface area contributed by atoms with E-state index in [1.165, 1.54) is 18.6 Å². The highest BCUT2D eigenvalue weighted by Crippen LogP contribution is 2.10. The Hall–Kier alpha value is -2.83. The summed E-state index contributed by atoms with van der Waals surface area (Å²) < 4.78 is 0. The third kappa shape index (κ3) is 3.50. The van der Waals surface area contributed by atoms with Crippen LogP contribution in [0.1, 0.15) is 27.3 Å². The van der Waals surface area contributed by atoms with Gasteiger partial charge in [-0.15, -0.1) is 0 Å². The fourth-order valence-corrected chi connectivity index (χ4v) is 2.57. The van der Waals surface area contributed by atoms with Crippen LogP contribution in [0.3, 0.4) is 0 Å². The first-order valence-corrected chi connectivity index (χ1v) is 7.50. The van der Waals surface area contributed by atoms with Gasteiger partial charge in [-0.2, -0.15) is 0 Å². The predicted octanol–water partition coefficient (Wildman–Crippen LogP) is 0.860. The van der Waals surface area contributed by atoms with Crippen LogP contribution in [0.25, 0.3) is 0 Å². The average molecular weight is 311 g/mol. The molecule has 118 valence electrons. The van der Waals surface area contributed by atoms with E-state index in [0.717, 1.165) is 6.42 Å². The van der Waals surface area contributed by atoms with Gasteiger partial charge in [0.25, 0.3) is 11.8 Å². The second-order valence-corrected chi connectivity index (χ2v) is 5.27. The Kier molecular flexibility index (Phi) is 4.56. The molecule has 0 N–H and O–H groups in total. The van der Waals surface area contributed by atoms with Gasteiger partial charge in [0.05, 0.1) is 11.8 Å². The van der Waals surface area contributed by atoms with Gasteiger partial charge >= 0.3 is 0 Å². The van der Waals surface area contributed by atoms with Crippen LogP contribution in [0.2, 0.25) is 0 Å². The van der Waals surface area contributed by atoms with E-state index >= 15 is 0 Å². The molecule has 7 heteroatoms. The van der Waals surface area contributed by atoms with Crippen molar-refractivity contribution < 1.29 is 9.59 Å². The topological polar surface area (TPSA) is 79.3 Å². The number of pyridine rings is 1. The lowest BCUT2D eigenvalue weighted by atomic mass is 10.2. The first-order chi connectivity index (χ1) is 11.3. The number of hydrogen-bond acceptors (Lipinski definition) is 5. The summed E-state index contributed by atoms with van der Waals surface area (Å²) >= 11 is 0. The second-order valence-electron chi connectivity index (χ2n) is 5.27. The van der Waals surface area contributed by atoms with Gasteiger partial charge in [-0.3, -0.25) is 19.6 Å². The zero-order valence-electron chi connectivity index (χ0n) is 12.6. The Labute approximate surface area is 134 Å². The second kappa shape index (κ2) is 6.95. The Morgan fingerprint density at radius 3 is 2.26 bits per heavy atom. The maximum absolute atomic E-state index is 12.5. The summed E-state index contributed by atoms with van der Waals surface area (Å²) in [4.78, 5) is 40.3. The van der Waals surface area contributed by atoms with Crippen LogP contribution in [-0.4, -0.2) is 62.7 Å². The molecule has 1 aliphatic rings. The van der Waals surface area contributed by atoms with Gasteiger partial charge in [0.1, 0.15) is 5.69 Å². The van der Waals surface area contributed by atoms with E-state index in [1.54, 1.807) is 34.3 Å². The molecule has 0 aliphatic carbocycles. The van der Waals surface area contributed by atoms with Crippen molar-refractivity contribution >= 4 is 11.8 Å². The molecule has 7 nitrogen and oxygen atoms in total. The van der Waals surface area contributed by atoms with Crippen LogP contribution in [0.4, 0.5) is 0 Å². The molecule has 2 amide bonds. The van der Waals surface area contributed by atoms with Crippen LogP contribution >= 0.6 is 0 Å². The summed E-state index contributed by atoms with van der Waals surface area (Å²) in [5.74, 6) is -0.194. The standard InChI is InChI=1S/C16H17N5O2/c22-15(13-3-1-4-17-11-13)20-7-2-8-21(10-9-20)16(23)14-12-18-5-6-19-14/h1,3-6,11-12H,2,7-10H2. The number of hydrogen-bond donors (Lipinski definition) is 0. The maximum atomic E-state index is 12.5. The zero-order valence-corrected chi connectivity index (χ0v) is 12.6. The van der Waals surface area contributed by atoms with E-state index < -0.39 is 0 Å². The van der Waals surface area contributed by atoms with Crippen LogP contribution in [0.5, 0.6) is 0 Å². The largest absolute Gasteiger partial charge is 0.337 e. The first kappa shape index (κ1) is 15.1. The number of aromatic nitrogens is 3. The van der Waals surface area contributed by atoms with Crippen molar-refractivity contribution in [3.63, 3.8) is 0 Å². The molecule has 1 aliphatic heterocycles. The third-order valence-electron chi connectivity index (χ3n) is 3.76. The summed E-state index contributed by atoms with van der Waals surface area (Å²) in [6, 6.07) is 3.50. The fraction of sp³-hybridized carbons (Fsp3) is 0.312. The zero-order chi connectivity index (χ0) is 16.1. The smallest absolute Gasteiger partial charge is 0.274 e. The number of carbonyl (C=O) groups excluding carboxylic acids is 2.